The molecule has 0 aromatic heterocycles. The van der Waals surface area contributed by atoms with E-state index in [1.807, 2.05) is 30.3 Å². The smallest absolute Gasteiger partial charge is 0.407 e. The summed E-state index contributed by atoms with van der Waals surface area (Å²) in [4.78, 5) is 18.4. The van der Waals surface area contributed by atoms with Crippen LogP contribution >= 0.6 is 0 Å². The molecule has 3 unspecified atom stereocenters. The number of alkyl carbamates (subject to hydrolysis) is 1. The van der Waals surface area contributed by atoms with Gasteiger partial charge in [-0.2, -0.15) is 0 Å². The SMILES string of the molecule is COc1ccc(S(=O)(=O)N(CC(O)C(Cc2ccccc2)NC(=O)OC(C)(C)C)OC2CCOC2)cc1. The van der Waals surface area contributed by atoms with Gasteiger partial charge < -0.3 is 24.6 Å². The number of aliphatic hydroxyl groups is 1. The summed E-state index contributed by atoms with van der Waals surface area (Å²) in [5.41, 5.74) is 0.0963. The van der Waals surface area contributed by atoms with E-state index >= 15 is 0 Å². The first-order chi connectivity index (χ1) is 17.5. The number of aliphatic hydroxyl groups excluding tert-OH is 1. The van der Waals surface area contributed by atoms with E-state index in [0.29, 0.717) is 18.8 Å². The fourth-order valence-electron chi connectivity index (χ4n) is 3.72. The van der Waals surface area contributed by atoms with Gasteiger partial charge in [0.25, 0.3) is 10.0 Å². The van der Waals surface area contributed by atoms with E-state index in [0.717, 1.165) is 10.0 Å². The van der Waals surface area contributed by atoms with Gasteiger partial charge in [-0.15, -0.1) is 0 Å². The van der Waals surface area contributed by atoms with Crippen molar-refractivity contribution < 1.29 is 37.4 Å². The highest BCUT2D eigenvalue weighted by Gasteiger charge is 2.35. The van der Waals surface area contributed by atoms with Crippen LogP contribution in [0.4, 0.5) is 4.79 Å². The van der Waals surface area contributed by atoms with E-state index in [1.165, 1.54) is 31.4 Å². The number of hydrogen-bond donors (Lipinski definition) is 2. The van der Waals surface area contributed by atoms with Gasteiger partial charge in [-0.3, -0.25) is 4.84 Å². The Morgan fingerprint density at radius 1 is 1.16 bits per heavy atom. The van der Waals surface area contributed by atoms with E-state index in [-0.39, 0.29) is 17.9 Å². The molecule has 204 valence electrons. The van der Waals surface area contributed by atoms with Gasteiger partial charge in [0.05, 0.1) is 37.3 Å². The molecule has 1 fully saturated rings. The Bertz CT molecular complexity index is 1100. The van der Waals surface area contributed by atoms with Crippen LogP contribution in [0.25, 0.3) is 0 Å². The number of methoxy groups -OCH3 is 1. The largest absolute Gasteiger partial charge is 0.497 e. The molecule has 3 rings (SSSR count). The highest BCUT2D eigenvalue weighted by Crippen LogP contribution is 2.23. The highest BCUT2D eigenvalue weighted by atomic mass is 32.2. The Hall–Kier alpha value is -2.70. The topological polar surface area (TPSA) is 124 Å². The highest BCUT2D eigenvalue weighted by molar-refractivity contribution is 7.89. The Labute approximate surface area is 218 Å². The van der Waals surface area contributed by atoms with E-state index in [9.17, 15) is 18.3 Å². The van der Waals surface area contributed by atoms with Crippen LogP contribution in [0.5, 0.6) is 5.75 Å². The van der Waals surface area contributed by atoms with Gasteiger partial charge in [0, 0.05) is 13.0 Å². The number of rotatable bonds is 11. The van der Waals surface area contributed by atoms with Gasteiger partial charge in [-0.1, -0.05) is 34.8 Å². The second-order valence-corrected chi connectivity index (χ2v) is 11.6. The molecule has 1 heterocycles. The first kappa shape index (κ1) is 28.9. The summed E-state index contributed by atoms with van der Waals surface area (Å²) in [6, 6.07) is 14.3. The number of nitrogens with one attached hydrogen (secondary N) is 1. The minimum atomic E-state index is -4.18. The van der Waals surface area contributed by atoms with Crippen LogP contribution in [0.15, 0.2) is 59.5 Å². The van der Waals surface area contributed by atoms with Gasteiger partial charge in [0.1, 0.15) is 17.5 Å². The van der Waals surface area contributed by atoms with E-state index in [1.54, 1.807) is 20.8 Å². The van der Waals surface area contributed by atoms with E-state index < -0.39 is 46.5 Å². The Morgan fingerprint density at radius 3 is 2.41 bits per heavy atom. The predicted molar refractivity (Wildman–Crippen MR) is 137 cm³/mol. The van der Waals surface area contributed by atoms with Crippen molar-refractivity contribution in [3.63, 3.8) is 0 Å². The van der Waals surface area contributed by atoms with Crippen molar-refractivity contribution in [1.29, 1.82) is 0 Å². The van der Waals surface area contributed by atoms with Crippen LogP contribution in [0.3, 0.4) is 0 Å². The molecule has 11 heteroatoms. The molecule has 2 aromatic carbocycles. The number of nitrogens with zero attached hydrogens (tertiary/aromatic N) is 1. The predicted octanol–water partition coefficient (Wildman–Crippen LogP) is 2.90. The van der Waals surface area contributed by atoms with Crippen molar-refractivity contribution in [3.05, 3.63) is 60.2 Å². The Kier molecular flexibility index (Phi) is 9.91. The van der Waals surface area contributed by atoms with Crippen molar-refractivity contribution in [3.8, 4) is 5.75 Å². The molecule has 37 heavy (non-hydrogen) atoms. The number of ether oxygens (including phenoxy) is 3. The van der Waals surface area contributed by atoms with Crippen LogP contribution in [0.1, 0.15) is 32.8 Å². The lowest BCUT2D eigenvalue weighted by Gasteiger charge is -2.31. The molecule has 2 aromatic rings. The molecule has 1 amide bonds. The van der Waals surface area contributed by atoms with Crippen molar-refractivity contribution in [2.24, 2.45) is 0 Å². The number of hydrogen-bond acceptors (Lipinski definition) is 8. The lowest BCUT2D eigenvalue weighted by Crippen LogP contribution is -2.52. The quantitative estimate of drug-likeness (QED) is 0.420. The summed E-state index contributed by atoms with van der Waals surface area (Å²) in [5.74, 6) is 0.500. The molecule has 0 aliphatic carbocycles. The number of benzene rings is 2. The van der Waals surface area contributed by atoms with Crippen LogP contribution in [0.2, 0.25) is 0 Å². The average molecular weight is 537 g/mol. The normalized spacial score (nSPS) is 17.8. The number of amides is 1. The minimum Gasteiger partial charge on any atom is -0.497 e. The molecular formula is C26H36N2O8S. The van der Waals surface area contributed by atoms with Crippen LogP contribution < -0.4 is 10.1 Å². The fourth-order valence-corrected chi connectivity index (χ4v) is 5.01. The maximum absolute atomic E-state index is 13.5. The third-order valence-corrected chi connectivity index (χ3v) is 7.22. The second kappa shape index (κ2) is 12.7. The van der Waals surface area contributed by atoms with Gasteiger partial charge in [-0.05, 0) is 57.0 Å². The number of hydroxylamine groups is 1. The molecular weight excluding hydrogens is 500 g/mol. The summed E-state index contributed by atoms with van der Waals surface area (Å²) in [7, 11) is -2.69. The molecule has 1 aliphatic rings. The maximum Gasteiger partial charge on any atom is 0.407 e. The summed E-state index contributed by atoms with van der Waals surface area (Å²) >= 11 is 0. The zero-order valence-corrected chi connectivity index (χ0v) is 22.4. The van der Waals surface area contributed by atoms with Gasteiger partial charge >= 0.3 is 6.09 Å². The van der Waals surface area contributed by atoms with Crippen LogP contribution in [0, 0.1) is 0 Å². The molecule has 0 saturated carbocycles. The minimum absolute atomic E-state index is 0.0286. The number of carbonyl (C=O) groups is 1. The van der Waals surface area contributed by atoms with Crippen molar-refractivity contribution in [1.82, 2.24) is 9.79 Å². The van der Waals surface area contributed by atoms with Crippen LogP contribution in [-0.4, -0.2) is 74.8 Å². The Morgan fingerprint density at radius 2 is 1.84 bits per heavy atom. The third-order valence-electron chi connectivity index (χ3n) is 5.58. The number of sulfonamides is 1. The first-order valence-corrected chi connectivity index (χ1v) is 13.5. The lowest BCUT2D eigenvalue weighted by molar-refractivity contribution is -0.147. The third kappa shape index (κ3) is 8.68. The summed E-state index contributed by atoms with van der Waals surface area (Å²) in [5, 5.41) is 13.9. The number of carbonyl (C=O) groups excluding carboxylic acids is 1. The lowest BCUT2D eigenvalue weighted by atomic mass is 10.0. The molecule has 3 atom stereocenters. The van der Waals surface area contributed by atoms with Crippen molar-refractivity contribution in [2.75, 3.05) is 26.9 Å². The summed E-state index contributed by atoms with van der Waals surface area (Å²) in [6.45, 7) is 5.44. The molecule has 2 N–H and O–H groups in total. The molecule has 1 saturated heterocycles. The summed E-state index contributed by atoms with van der Waals surface area (Å²) < 4.78 is 43.7. The summed E-state index contributed by atoms with van der Waals surface area (Å²) in [6.07, 6.45) is -1.80. The van der Waals surface area contributed by atoms with E-state index in [2.05, 4.69) is 5.32 Å². The second-order valence-electron chi connectivity index (χ2n) is 9.77. The zero-order valence-electron chi connectivity index (χ0n) is 21.6. The van der Waals surface area contributed by atoms with Gasteiger partial charge in [0.15, 0.2) is 0 Å². The monoisotopic (exact) mass is 536 g/mol. The molecule has 0 spiro atoms. The fraction of sp³-hybridized carbons (Fsp3) is 0.500. The van der Waals surface area contributed by atoms with Crippen LogP contribution in [-0.2, 0) is 30.8 Å². The van der Waals surface area contributed by atoms with Crippen molar-refractivity contribution >= 4 is 16.1 Å². The van der Waals surface area contributed by atoms with Gasteiger partial charge in [0.2, 0.25) is 0 Å². The van der Waals surface area contributed by atoms with Gasteiger partial charge in [-0.25, -0.2) is 13.2 Å². The molecule has 1 aliphatic heterocycles. The molecule has 10 nitrogen and oxygen atoms in total. The Balaban J connectivity index is 1.86. The maximum atomic E-state index is 13.5. The van der Waals surface area contributed by atoms with Crippen molar-refractivity contribution in [2.45, 2.75) is 62.4 Å². The first-order valence-electron chi connectivity index (χ1n) is 12.1. The van der Waals surface area contributed by atoms with E-state index in [4.69, 9.17) is 19.0 Å². The zero-order chi connectivity index (χ0) is 27.1. The molecule has 0 bridgehead atoms. The standard InChI is InChI=1S/C26H36N2O8S/c1-26(2,3)35-25(30)27-23(16-19-8-6-5-7-9-19)24(29)17-28(36-21-14-15-34-18-21)37(31,32)22-12-10-20(33-4)11-13-22/h5-13,21,23-24,29H,14-18H2,1-4H3,(H,27,30). The average Bonchev–Trinajstić information content (AvgIpc) is 3.36. The molecule has 0 radical (unpaired) electrons.